The summed E-state index contributed by atoms with van der Waals surface area (Å²) in [6.45, 7) is 0.329. The van der Waals surface area contributed by atoms with Crippen molar-refractivity contribution >= 4 is 17.5 Å². The van der Waals surface area contributed by atoms with Crippen LogP contribution in [0.1, 0.15) is 29.6 Å². The molecule has 2 rings (SSSR count). The third-order valence-electron chi connectivity index (χ3n) is 2.92. The molecule has 1 heterocycles. The highest BCUT2D eigenvalue weighted by atomic mass is 16.2. The van der Waals surface area contributed by atoms with Gasteiger partial charge in [-0.3, -0.25) is 14.6 Å². The van der Waals surface area contributed by atoms with Crippen LogP contribution in [0.2, 0.25) is 0 Å². The van der Waals surface area contributed by atoms with E-state index in [0.29, 0.717) is 24.6 Å². The Morgan fingerprint density at radius 2 is 2.21 bits per heavy atom. The van der Waals surface area contributed by atoms with Gasteiger partial charge in [0.2, 0.25) is 5.91 Å². The number of carbonyl (C=O) groups excluding carboxylic acids is 2. The molecule has 1 aliphatic rings. The van der Waals surface area contributed by atoms with Crippen LogP contribution in [0.3, 0.4) is 0 Å². The fourth-order valence-electron chi connectivity index (χ4n) is 1.71. The van der Waals surface area contributed by atoms with Crippen molar-refractivity contribution < 1.29 is 9.59 Å². The van der Waals surface area contributed by atoms with E-state index in [9.17, 15) is 9.59 Å². The van der Waals surface area contributed by atoms with E-state index in [1.807, 2.05) is 0 Å². The number of nitrogens with zero attached hydrogens (tertiary/aromatic N) is 1. The monoisotopic (exact) mass is 262 g/mol. The summed E-state index contributed by atoms with van der Waals surface area (Å²) in [5, 5.41) is 8.52. The summed E-state index contributed by atoms with van der Waals surface area (Å²) in [4.78, 5) is 27.3. The van der Waals surface area contributed by atoms with Gasteiger partial charge in [-0.25, -0.2) is 0 Å². The molecule has 1 fully saturated rings. The van der Waals surface area contributed by atoms with Gasteiger partial charge in [-0.1, -0.05) is 0 Å². The fraction of sp³-hybridized carbons (Fsp3) is 0.462. The van der Waals surface area contributed by atoms with E-state index < -0.39 is 0 Å². The molecular formula is C13H18N4O2. The molecule has 0 radical (unpaired) electrons. The smallest absolute Gasteiger partial charge is 0.254 e. The number of hydrogen-bond acceptors (Lipinski definition) is 4. The second-order valence-electron chi connectivity index (χ2n) is 4.52. The van der Waals surface area contributed by atoms with Crippen molar-refractivity contribution in [2.24, 2.45) is 0 Å². The predicted octanol–water partition coefficient (Wildman–Crippen LogP) is 0.522. The maximum Gasteiger partial charge on any atom is 0.254 e. The maximum absolute atomic E-state index is 11.9. The van der Waals surface area contributed by atoms with Crippen LogP contribution in [0.25, 0.3) is 0 Å². The van der Waals surface area contributed by atoms with Crippen LogP contribution < -0.4 is 16.0 Å². The van der Waals surface area contributed by atoms with Gasteiger partial charge >= 0.3 is 0 Å². The van der Waals surface area contributed by atoms with E-state index in [1.165, 1.54) is 6.20 Å². The van der Waals surface area contributed by atoms with E-state index in [0.717, 1.165) is 18.5 Å². The minimum Gasteiger partial charge on any atom is -0.387 e. The second-order valence-corrected chi connectivity index (χ2v) is 4.52. The van der Waals surface area contributed by atoms with Gasteiger partial charge in [0.15, 0.2) is 0 Å². The van der Waals surface area contributed by atoms with Gasteiger partial charge in [0.1, 0.15) is 0 Å². The highest BCUT2D eigenvalue weighted by molar-refractivity contribution is 5.99. The lowest BCUT2D eigenvalue weighted by molar-refractivity contribution is -0.121. The molecular weight excluding hydrogens is 244 g/mol. The van der Waals surface area contributed by atoms with Crippen LogP contribution in [-0.4, -0.2) is 36.4 Å². The summed E-state index contributed by atoms with van der Waals surface area (Å²) in [5.74, 6) is -0.237. The zero-order valence-electron chi connectivity index (χ0n) is 10.9. The van der Waals surface area contributed by atoms with Crippen molar-refractivity contribution in [1.29, 1.82) is 0 Å². The lowest BCUT2D eigenvalue weighted by atomic mass is 10.2. The summed E-state index contributed by atoms with van der Waals surface area (Å²) < 4.78 is 0. The van der Waals surface area contributed by atoms with Gasteiger partial charge in [0.05, 0.1) is 5.56 Å². The van der Waals surface area contributed by atoms with E-state index in [4.69, 9.17) is 0 Å². The average Bonchev–Trinajstić information content (AvgIpc) is 3.22. The van der Waals surface area contributed by atoms with Crippen LogP contribution in [0, 0.1) is 0 Å². The molecule has 19 heavy (non-hydrogen) atoms. The minimum atomic E-state index is -0.225. The Labute approximate surface area is 112 Å². The van der Waals surface area contributed by atoms with E-state index >= 15 is 0 Å². The number of carbonyl (C=O) groups is 2. The zero-order chi connectivity index (χ0) is 13.7. The largest absolute Gasteiger partial charge is 0.387 e. The zero-order valence-corrected chi connectivity index (χ0v) is 10.9. The SMILES string of the molecule is CNc1ccncc1C(=O)NCCC(=O)NC1CC1. The summed E-state index contributed by atoms with van der Waals surface area (Å²) >= 11 is 0. The van der Waals surface area contributed by atoms with Crippen molar-refractivity contribution in [2.75, 3.05) is 18.9 Å². The van der Waals surface area contributed by atoms with Crippen molar-refractivity contribution in [1.82, 2.24) is 15.6 Å². The van der Waals surface area contributed by atoms with Crippen molar-refractivity contribution in [2.45, 2.75) is 25.3 Å². The highest BCUT2D eigenvalue weighted by Crippen LogP contribution is 2.18. The number of aromatic nitrogens is 1. The molecule has 2 amide bonds. The van der Waals surface area contributed by atoms with E-state index in [-0.39, 0.29) is 11.8 Å². The van der Waals surface area contributed by atoms with Gasteiger partial charge in [-0.2, -0.15) is 0 Å². The van der Waals surface area contributed by atoms with Gasteiger partial charge < -0.3 is 16.0 Å². The van der Waals surface area contributed by atoms with E-state index in [1.54, 1.807) is 19.3 Å². The van der Waals surface area contributed by atoms with Crippen molar-refractivity contribution in [3.8, 4) is 0 Å². The summed E-state index contributed by atoms with van der Waals surface area (Å²) in [6.07, 6.45) is 5.56. The second kappa shape index (κ2) is 6.17. The van der Waals surface area contributed by atoms with Gasteiger partial charge in [0.25, 0.3) is 5.91 Å². The van der Waals surface area contributed by atoms with Crippen LogP contribution in [-0.2, 0) is 4.79 Å². The summed E-state index contributed by atoms with van der Waals surface area (Å²) in [7, 11) is 1.75. The Balaban J connectivity index is 1.78. The average molecular weight is 262 g/mol. The molecule has 0 saturated heterocycles. The number of hydrogen-bond donors (Lipinski definition) is 3. The first-order valence-corrected chi connectivity index (χ1v) is 6.40. The number of anilines is 1. The third kappa shape index (κ3) is 3.94. The molecule has 0 unspecified atom stereocenters. The van der Waals surface area contributed by atoms with Crippen molar-refractivity contribution in [3.05, 3.63) is 24.0 Å². The maximum atomic E-state index is 11.9. The Hall–Kier alpha value is -2.11. The summed E-state index contributed by atoms with van der Waals surface area (Å²) in [6, 6.07) is 2.09. The molecule has 0 atom stereocenters. The number of nitrogens with one attached hydrogen (secondary N) is 3. The van der Waals surface area contributed by atoms with Gasteiger partial charge in [0, 0.05) is 44.1 Å². The molecule has 1 aromatic rings. The number of amides is 2. The van der Waals surface area contributed by atoms with Crippen molar-refractivity contribution in [3.63, 3.8) is 0 Å². The molecule has 6 nitrogen and oxygen atoms in total. The van der Waals surface area contributed by atoms with Gasteiger partial charge in [-0.05, 0) is 18.9 Å². The Bertz CT molecular complexity index is 471. The van der Waals surface area contributed by atoms with E-state index in [2.05, 4.69) is 20.9 Å². The predicted molar refractivity (Wildman–Crippen MR) is 71.9 cm³/mol. The molecule has 102 valence electrons. The fourth-order valence-corrected chi connectivity index (χ4v) is 1.71. The first-order chi connectivity index (χ1) is 9.20. The lowest BCUT2D eigenvalue weighted by Crippen LogP contribution is -2.32. The molecule has 1 aromatic heterocycles. The molecule has 6 heteroatoms. The lowest BCUT2D eigenvalue weighted by Gasteiger charge is -2.09. The first kappa shape index (κ1) is 13.3. The number of pyridine rings is 1. The Morgan fingerprint density at radius 3 is 2.89 bits per heavy atom. The third-order valence-corrected chi connectivity index (χ3v) is 2.92. The number of rotatable bonds is 6. The van der Waals surface area contributed by atoms with Crippen LogP contribution in [0.5, 0.6) is 0 Å². The van der Waals surface area contributed by atoms with Gasteiger partial charge in [-0.15, -0.1) is 0 Å². The summed E-state index contributed by atoms with van der Waals surface area (Å²) in [5.41, 5.74) is 1.20. The molecule has 0 aromatic carbocycles. The standard InChI is InChI=1S/C13H18N4O2/c1-14-11-4-6-15-8-10(11)13(19)16-7-5-12(18)17-9-2-3-9/h4,6,8-9H,2-3,5,7H2,1H3,(H,14,15)(H,16,19)(H,17,18). The Kier molecular flexibility index (Phi) is 4.33. The minimum absolute atomic E-state index is 0.0113. The highest BCUT2D eigenvalue weighted by Gasteiger charge is 2.22. The molecule has 1 aliphatic carbocycles. The molecule has 0 bridgehead atoms. The molecule has 0 aliphatic heterocycles. The first-order valence-electron chi connectivity index (χ1n) is 6.40. The quantitative estimate of drug-likeness (QED) is 0.698. The molecule has 1 saturated carbocycles. The van der Waals surface area contributed by atoms with Crippen LogP contribution in [0.15, 0.2) is 18.5 Å². The molecule has 0 spiro atoms. The normalized spacial score (nSPS) is 13.7. The topological polar surface area (TPSA) is 83.1 Å². The molecule has 3 N–H and O–H groups in total. The van der Waals surface area contributed by atoms with Crippen LogP contribution >= 0.6 is 0 Å². The Morgan fingerprint density at radius 1 is 1.42 bits per heavy atom. The van der Waals surface area contributed by atoms with Crippen LogP contribution in [0.4, 0.5) is 5.69 Å².